The SMILES string of the molecule is O=C(CCC1CCCCC1)OCc1cc(=O)n2cc(Br)ccc2n1. The summed E-state index contributed by atoms with van der Waals surface area (Å²) in [6.45, 7) is 0.0469. The molecule has 0 radical (unpaired) electrons. The second-order valence-corrected chi connectivity index (χ2v) is 7.28. The molecular formula is C18H21BrN2O3. The molecule has 0 unspecified atom stereocenters. The maximum absolute atomic E-state index is 12.1. The molecule has 0 spiro atoms. The highest BCUT2D eigenvalue weighted by Crippen LogP contribution is 2.27. The fraction of sp³-hybridized carbons (Fsp3) is 0.500. The lowest BCUT2D eigenvalue weighted by Crippen LogP contribution is -2.17. The van der Waals surface area contributed by atoms with Crippen LogP contribution in [0.25, 0.3) is 5.65 Å². The molecular weight excluding hydrogens is 372 g/mol. The summed E-state index contributed by atoms with van der Waals surface area (Å²) >= 11 is 3.33. The van der Waals surface area contributed by atoms with E-state index in [4.69, 9.17) is 4.74 Å². The van der Waals surface area contributed by atoms with Crippen molar-refractivity contribution < 1.29 is 9.53 Å². The lowest BCUT2D eigenvalue weighted by atomic mass is 9.86. The predicted molar refractivity (Wildman–Crippen MR) is 94.8 cm³/mol. The van der Waals surface area contributed by atoms with E-state index >= 15 is 0 Å². The molecule has 5 nitrogen and oxygen atoms in total. The molecule has 0 saturated heterocycles. The average molecular weight is 393 g/mol. The number of hydrogen-bond donors (Lipinski definition) is 0. The Morgan fingerprint density at radius 3 is 2.88 bits per heavy atom. The number of halogens is 1. The van der Waals surface area contributed by atoms with Gasteiger partial charge in [-0.3, -0.25) is 14.0 Å². The smallest absolute Gasteiger partial charge is 0.306 e. The summed E-state index contributed by atoms with van der Waals surface area (Å²) in [4.78, 5) is 28.4. The number of pyridine rings is 1. The number of fused-ring (bicyclic) bond motifs is 1. The highest BCUT2D eigenvalue weighted by molar-refractivity contribution is 9.10. The summed E-state index contributed by atoms with van der Waals surface area (Å²) < 4.78 is 7.55. The van der Waals surface area contributed by atoms with Crippen molar-refractivity contribution in [1.29, 1.82) is 0 Å². The van der Waals surface area contributed by atoms with Crippen molar-refractivity contribution in [1.82, 2.24) is 9.38 Å². The molecule has 2 aromatic rings. The highest BCUT2D eigenvalue weighted by atomic mass is 79.9. The minimum Gasteiger partial charge on any atom is -0.459 e. The van der Waals surface area contributed by atoms with Crippen LogP contribution in [0.3, 0.4) is 0 Å². The monoisotopic (exact) mass is 392 g/mol. The maximum Gasteiger partial charge on any atom is 0.306 e. The minimum atomic E-state index is -0.210. The van der Waals surface area contributed by atoms with Crippen molar-refractivity contribution >= 4 is 27.5 Å². The van der Waals surface area contributed by atoms with Crippen molar-refractivity contribution in [3.05, 3.63) is 44.9 Å². The van der Waals surface area contributed by atoms with Gasteiger partial charge >= 0.3 is 5.97 Å². The maximum atomic E-state index is 12.1. The van der Waals surface area contributed by atoms with Crippen LogP contribution in [-0.2, 0) is 16.1 Å². The summed E-state index contributed by atoms with van der Waals surface area (Å²) in [7, 11) is 0. The van der Waals surface area contributed by atoms with Gasteiger partial charge in [-0.05, 0) is 40.4 Å². The summed E-state index contributed by atoms with van der Waals surface area (Å²) in [5.41, 5.74) is 0.835. The van der Waals surface area contributed by atoms with Gasteiger partial charge in [0, 0.05) is 23.2 Å². The van der Waals surface area contributed by atoms with E-state index in [0.29, 0.717) is 23.7 Å². The molecule has 1 fully saturated rings. The zero-order valence-electron chi connectivity index (χ0n) is 13.5. The number of aromatic nitrogens is 2. The van der Waals surface area contributed by atoms with Gasteiger partial charge in [0.25, 0.3) is 5.56 Å². The van der Waals surface area contributed by atoms with Crippen LogP contribution in [0.2, 0.25) is 0 Å². The number of nitrogens with zero attached hydrogens (tertiary/aromatic N) is 2. The molecule has 0 N–H and O–H groups in total. The molecule has 24 heavy (non-hydrogen) atoms. The number of hydrogen-bond acceptors (Lipinski definition) is 4. The van der Waals surface area contributed by atoms with Crippen molar-refractivity contribution in [3.8, 4) is 0 Å². The molecule has 0 atom stereocenters. The average Bonchev–Trinajstić information content (AvgIpc) is 2.60. The molecule has 0 amide bonds. The van der Waals surface area contributed by atoms with Gasteiger partial charge in [-0.25, -0.2) is 4.98 Å². The minimum absolute atomic E-state index is 0.0469. The molecule has 1 saturated carbocycles. The van der Waals surface area contributed by atoms with Gasteiger partial charge in [0.15, 0.2) is 0 Å². The molecule has 2 heterocycles. The van der Waals surface area contributed by atoms with Crippen LogP contribution in [0.5, 0.6) is 0 Å². The number of carbonyl (C=O) groups is 1. The zero-order valence-corrected chi connectivity index (χ0v) is 15.1. The zero-order chi connectivity index (χ0) is 16.9. The Balaban J connectivity index is 1.56. The molecule has 128 valence electrons. The van der Waals surface area contributed by atoms with Crippen molar-refractivity contribution in [3.63, 3.8) is 0 Å². The summed E-state index contributed by atoms with van der Waals surface area (Å²) in [5.74, 6) is 0.451. The molecule has 0 aromatic carbocycles. The van der Waals surface area contributed by atoms with E-state index in [1.54, 1.807) is 12.3 Å². The Labute approximate surface area is 149 Å². The van der Waals surface area contributed by atoms with Gasteiger partial charge < -0.3 is 4.74 Å². The first-order valence-corrected chi connectivity index (χ1v) is 9.24. The number of esters is 1. The van der Waals surface area contributed by atoms with E-state index in [2.05, 4.69) is 20.9 Å². The quantitative estimate of drug-likeness (QED) is 0.724. The van der Waals surface area contributed by atoms with Crippen LogP contribution in [0.15, 0.2) is 33.7 Å². The number of rotatable bonds is 5. The fourth-order valence-electron chi connectivity index (χ4n) is 3.22. The first-order chi connectivity index (χ1) is 11.6. The van der Waals surface area contributed by atoms with Crippen LogP contribution in [0.1, 0.15) is 50.6 Å². The van der Waals surface area contributed by atoms with Gasteiger partial charge in [-0.2, -0.15) is 0 Å². The molecule has 3 rings (SSSR count). The second kappa shape index (κ2) is 7.92. The normalized spacial score (nSPS) is 15.5. The van der Waals surface area contributed by atoms with Gasteiger partial charge in [0.05, 0.1) is 5.69 Å². The van der Waals surface area contributed by atoms with E-state index in [-0.39, 0.29) is 18.1 Å². The van der Waals surface area contributed by atoms with E-state index in [1.807, 2.05) is 6.07 Å². The third-order valence-electron chi connectivity index (χ3n) is 4.54. The Bertz CT molecular complexity index is 781. The lowest BCUT2D eigenvalue weighted by Gasteiger charge is -2.20. The van der Waals surface area contributed by atoms with Gasteiger partial charge in [-0.15, -0.1) is 0 Å². The summed E-state index contributed by atoms with van der Waals surface area (Å²) in [5, 5.41) is 0. The number of ether oxygens (including phenoxy) is 1. The molecule has 1 aliphatic rings. The number of carbonyl (C=O) groups excluding carboxylic acids is 1. The molecule has 0 bridgehead atoms. The predicted octanol–water partition coefficient (Wildman–Crippen LogP) is 3.86. The summed E-state index contributed by atoms with van der Waals surface area (Å²) in [6.07, 6.45) is 9.36. The van der Waals surface area contributed by atoms with Crippen molar-refractivity contribution in [2.45, 2.75) is 51.6 Å². The lowest BCUT2D eigenvalue weighted by molar-refractivity contribution is -0.145. The van der Waals surface area contributed by atoms with E-state index in [9.17, 15) is 9.59 Å². The van der Waals surface area contributed by atoms with E-state index in [1.165, 1.54) is 42.6 Å². The van der Waals surface area contributed by atoms with Crippen molar-refractivity contribution in [2.24, 2.45) is 5.92 Å². The van der Waals surface area contributed by atoms with Gasteiger partial charge in [0.1, 0.15) is 12.3 Å². The molecule has 6 heteroatoms. The standard InChI is InChI=1S/C18H21BrN2O3/c19-14-7-8-16-20-15(10-17(22)21(16)11-14)12-24-18(23)9-6-13-4-2-1-3-5-13/h7-8,10-11,13H,1-6,9,12H2. The van der Waals surface area contributed by atoms with Gasteiger partial charge in [-0.1, -0.05) is 32.1 Å². The molecule has 0 aliphatic heterocycles. The third-order valence-corrected chi connectivity index (χ3v) is 5.01. The van der Waals surface area contributed by atoms with E-state index in [0.717, 1.165) is 10.9 Å². The van der Waals surface area contributed by atoms with E-state index < -0.39 is 0 Å². The molecule has 2 aromatic heterocycles. The third kappa shape index (κ3) is 4.44. The summed E-state index contributed by atoms with van der Waals surface area (Å²) in [6, 6.07) is 4.98. The first-order valence-electron chi connectivity index (χ1n) is 8.45. The highest BCUT2D eigenvalue weighted by Gasteiger charge is 2.15. The van der Waals surface area contributed by atoms with Crippen LogP contribution in [-0.4, -0.2) is 15.4 Å². The fourth-order valence-corrected chi connectivity index (χ4v) is 3.56. The Morgan fingerprint density at radius 1 is 1.29 bits per heavy atom. The second-order valence-electron chi connectivity index (χ2n) is 6.36. The Hall–Kier alpha value is -1.69. The largest absolute Gasteiger partial charge is 0.459 e. The Morgan fingerprint density at radius 2 is 2.08 bits per heavy atom. The molecule has 1 aliphatic carbocycles. The van der Waals surface area contributed by atoms with Gasteiger partial charge in [0.2, 0.25) is 0 Å². The Kier molecular flexibility index (Phi) is 5.66. The van der Waals surface area contributed by atoms with Crippen molar-refractivity contribution in [2.75, 3.05) is 0 Å². The van der Waals surface area contributed by atoms with Crippen LogP contribution in [0, 0.1) is 5.92 Å². The van der Waals surface area contributed by atoms with Crippen LogP contribution >= 0.6 is 15.9 Å². The first kappa shape index (κ1) is 17.1. The van der Waals surface area contributed by atoms with Crippen LogP contribution in [0.4, 0.5) is 0 Å². The van der Waals surface area contributed by atoms with Crippen LogP contribution < -0.4 is 5.56 Å². The topological polar surface area (TPSA) is 60.7 Å².